The Morgan fingerprint density at radius 2 is 2.31 bits per heavy atom. The standard InChI is InChI=1S/C12H14N2O2/c1-9(6-7-13)14(2)12(16)10-4-3-5-11(15)8-10/h3-5,8-9,15H,6H2,1-2H3. The Morgan fingerprint density at radius 3 is 2.88 bits per heavy atom. The smallest absolute Gasteiger partial charge is 0.254 e. The van der Waals surface area contributed by atoms with Crippen molar-refractivity contribution in [3.8, 4) is 11.8 Å². The largest absolute Gasteiger partial charge is 0.508 e. The predicted octanol–water partition coefficient (Wildman–Crippen LogP) is 1.77. The number of amides is 1. The molecule has 0 spiro atoms. The summed E-state index contributed by atoms with van der Waals surface area (Å²) in [6.07, 6.45) is 0.293. The molecule has 16 heavy (non-hydrogen) atoms. The number of nitriles is 1. The van der Waals surface area contributed by atoms with Crippen molar-refractivity contribution in [3.63, 3.8) is 0 Å². The van der Waals surface area contributed by atoms with Crippen LogP contribution in [0.5, 0.6) is 5.75 Å². The molecule has 0 bridgehead atoms. The van der Waals surface area contributed by atoms with Gasteiger partial charge in [-0.05, 0) is 25.1 Å². The SMILES string of the molecule is CC(CC#N)N(C)C(=O)c1cccc(O)c1. The van der Waals surface area contributed by atoms with Gasteiger partial charge in [0.25, 0.3) is 5.91 Å². The first-order valence-corrected chi connectivity index (χ1v) is 4.99. The highest BCUT2D eigenvalue weighted by Gasteiger charge is 2.17. The summed E-state index contributed by atoms with van der Waals surface area (Å²) in [6, 6.07) is 8.06. The van der Waals surface area contributed by atoms with E-state index in [0.29, 0.717) is 12.0 Å². The molecule has 0 saturated heterocycles. The fourth-order valence-corrected chi connectivity index (χ4v) is 1.31. The molecule has 0 saturated carbocycles. The molecule has 1 unspecified atom stereocenters. The Labute approximate surface area is 94.7 Å². The van der Waals surface area contributed by atoms with Crippen molar-refractivity contribution >= 4 is 5.91 Å². The lowest BCUT2D eigenvalue weighted by Gasteiger charge is -2.22. The van der Waals surface area contributed by atoms with Gasteiger partial charge in [-0.15, -0.1) is 0 Å². The van der Waals surface area contributed by atoms with Crippen LogP contribution in [0.3, 0.4) is 0 Å². The Kier molecular flexibility index (Phi) is 3.90. The molecule has 0 aliphatic carbocycles. The van der Waals surface area contributed by atoms with Crippen LogP contribution in [0, 0.1) is 11.3 Å². The number of benzene rings is 1. The van der Waals surface area contributed by atoms with Gasteiger partial charge in [0, 0.05) is 18.7 Å². The van der Waals surface area contributed by atoms with Crippen LogP contribution in [0.4, 0.5) is 0 Å². The average Bonchev–Trinajstić information content (AvgIpc) is 2.27. The molecule has 1 N–H and O–H groups in total. The highest BCUT2D eigenvalue weighted by Crippen LogP contribution is 2.14. The maximum absolute atomic E-state index is 11.9. The first kappa shape index (κ1) is 12.1. The normalized spacial score (nSPS) is 11.6. The quantitative estimate of drug-likeness (QED) is 0.840. The van der Waals surface area contributed by atoms with Crippen molar-refractivity contribution in [1.29, 1.82) is 5.26 Å². The van der Waals surface area contributed by atoms with E-state index in [4.69, 9.17) is 5.26 Å². The molecular formula is C12H14N2O2. The third-order valence-electron chi connectivity index (χ3n) is 2.46. The summed E-state index contributed by atoms with van der Waals surface area (Å²) < 4.78 is 0. The van der Waals surface area contributed by atoms with Crippen molar-refractivity contribution in [2.24, 2.45) is 0 Å². The van der Waals surface area contributed by atoms with Gasteiger partial charge in [0.05, 0.1) is 12.5 Å². The number of carbonyl (C=O) groups is 1. The molecule has 1 rings (SSSR count). The minimum Gasteiger partial charge on any atom is -0.508 e. The second-order valence-electron chi connectivity index (χ2n) is 3.68. The zero-order valence-corrected chi connectivity index (χ0v) is 9.34. The summed E-state index contributed by atoms with van der Waals surface area (Å²) in [5, 5.41) is 17.8. The van der Waals surface area contributed by atoms with Crippen LogP contribution < -0.4 is 0 Å². The fourth-order valence-electron chi connectivity index (χ4n) is 1.31. The average molecular weight is 218 g/mol. The molecule has 0 aromatic heterocycles. The fraction of sp³-hybridized carbons (Fsp3) is 0.333. The van der Waals surface area contributed by atoms with Crippen LogP contribution in [0.1, 0.15) is 23.7 Å². The molecule has 0 heterocycles. The zero-order valence-electron chi connectivity index (χ0n) is 9.34. The first-order chi connectivity index (χ1) is 7.56. The minimum atomic E-state index is -0.196. The van der Waals surface area contributed by atoms with Crippen LogP contribution in [0.2, 0.25) is 0 Å². The lowest BCUT2D eigenvalue weighted by atomic mass is 10.1. The predicted molar refractivity (Wildman–Crippen MR) is 59.9 cm³/mol. The molecule has 84 valence electrons. The molecular weight excluding hydrogens is 204 g/mol. The second-order valence-corrected chi connectivity index (χ2v) is 3.68. The van der Waals surface area contributed by atoms with Gasteiger partial charge in [-0.2, -0.15) is 5.26 Å². The molecule has 0 aliphatic heterocycles. The van der Waals surface area contributed by atoms with E-state index < -0.39 is 0 Å². The maximum atomic E-state index is 11.9. The number of hydrogen-bond acceptors (Lipinski definition) is 3. The molecule has 1 amide bonds. The third kappa shape index (κ3) is 2.74. The van der Waals surface area contributed by atoms with E-state index in [1.807, 2.05) is 13.0 Å². The minimum absolute atomic E-state index is 0.0622. The third-order valence-corrected chi connectivity index (χ3v) is 2.46. The van der Waals surface area contributed by atoms with Gasteiger partial charge in [-0.25, -0.2) is 0 Å². The van der Waals surface area contributed by atoms with Crippen LogP contribution in [0.25, 0.3) is 0 Å². The van der Waals surface area contributed by atoms with Crippen molar-refractivity contribution in [1.82, 2.24) is 4.90 Å². The van der Waals surface area contributed by atoms with E-state index in [2.05, 4.69) is 0 Å². The molecule has 1 aromatic carbocycles. The lowest BCUT2D eigenvalue weighted by molar-refractivity contribution is 0.0746. The van der Waals surface area contributed by atoms with E-state index in [-0.39, 0.29) is 17.7 Å². The van der Waals surface area contributed by atoms with Gasteiger partial charge in [0.1, 0.15) is 5.75 Å². The van der Waals surface area contributed by atoms with E-state index in [0.717, 1.165) is 0 Å². The van der Waals surface area contributed by atoms with Gasteiger partial charge in [0.2, 0.25) is 0 Å². The molecule has 1 aromatic rings. The van der Waals surface area contributed by atoms with E-state index in [1.165, 1.54) is 17.0 Å². The second kappa shape index (κ2) is 5.17. The maximum Gasteiger partial charge on any atom is 0.254 e. The first-order valence-electron chi connectivity index (χ1n) is 4.99. The summed E-state index contributed by atoms with van der Waals surface area (Å²) in [4.78, 5) is 13.4. The van der Waals surface area contributed by atoms with Crippen molar-refractivity contribution in [2.75, 3.05) is 7.05 Å². The molecule has 0 aliphatic rings. The summed E-state index contributed by atoms with van der Waals surface area (Å²) in [7, 11) is 1.65. The summed E-state index contributed by atoms with van der Waals surface area (Å²) in [5.41, 5.74) is 0.423. The van der Waals surface area contributed by atoms with E-state index >= 15 is 0 Å². The topological polar surface area (TPSA) is 64.3 Å². The lowest BCUT2D eigenvalue weighted by Crippen LogP contribution is -2.34. The van der Waals surface area contributed by atoms with Gasteiger partial charge in [0.15, 0.2) is 0 Å². The molecule has 0 radical (unpaired) electrons. The van der Waals surface area contributed by atoms with Crippen molar-refractivity contribution < 1.29 is 9.90 Å². The van der Waals surface area contributed by atoms with Crippen LogP contribution in [-0.4, -0.2) is 29.0 Å². The van der Waals surface area contributed by atoms with E-state index in [1.54, 1.807) is 19.2 Å². The van der Waals surface area contributed by atoms with Crippen molar-refractivity contribution in [3.05, 3.63) is 29.8 Å². The molecule has 0 fully saturated rings. The van der Waals surface area contributed by atoms with Crippen LogP contribution in [-0.2, 0) is 0 Å². The van der Waals surface area contributed by atoms with Gasteiger partial charge in [-0.3, -0.25) is 4.79 Å². The van der Waals surface area contributed by atoms with Gasteiger partial charge >= 0.3 is 0 Å². The Hall–Kier alpha value is -2.02. The highest BCUT2D eigenvalue weighted by atomic mass is 16.3. The van der Waals surface area contributed by atoms with Gasteiger partial charge < -0.3 is 10.0 Å². The highest BCUT2D eigenvalue weighted by molar-refractivity contribution is 5.94. The van der Waals surface area contributed by atoms with Crippen LogP contribution in [0.15, 0.2) is 24.3 Å². The summed E-state index contributed by atoms with van der Waals surface area (Å²) in [6.45, 7) is 1.81. The Morgan fingerprint density at radius 1 is 1.62 bits per heavy atom. The number of rotatable bonds is 3. The number of nitrogens with zero attached hydrogens (tertiary/aromatic N) is 2. The zero-order chi connectivity index (χ0) is 12.1. The summed E-state index contributed by atoms with van der Waals surface area (Å²) >= 11 is 0. The molecule has 4 nitrogen and oxygen atoms in total. The van der Waals surface area contributed by atoms with Crippen molar-refractivity contribution in [2.45, 2.75) is 19.4 Å². The number of phenols is 1. The Balaban J connectivity index is 2.82. The number of phenolic OH excluding ortho intramolecular Hbond substituents is 1. The monoisotopic (exact) mass is 218 g/mol. The molecule has 4 heteroatoms. The number of aromatic hydroxyl groups is 1. The summed E-state index contributed by atoms with van der Waals surface area (Å²) in [5.74, 6) is -0.133. The Bertz CT molecular complexity index is 423. The van der Waals surface area contributed by atoms with Crippen LogP contribution >= 0.6 is 0 Å². The number of carbonyl (C=O) groups excluding carboxylic acids is 1. The van der Waals surface area contributed by atoms with Gasteiger partial charge in [-0.1, -0.05) is 6.07 Å². The number of hydrogen-bond donors (Lipinski definition) is 1. The molecule has 1 atom stereocenters. The van der Waals surface area contributed by atoms with E-state index in [9.17, 15) is 9.90 Å².